The summed E-state index contributed by atoms with van der Waals surface area (Å²) in [5, 5.41) is 3.66. The first-order valence-corrected chi connectivity index (χ1v) is 5.53. The van der Waals surface area contributed by atoms with E-state index in [0.29, 0.717) is 11.0 Å². The number of nitrogens with one attached hydrogen (secondary N) is 1. The third kappa shape index (κ3) is 2.57. The van der Waals surface area contributed by atoms with E-state index in [9.17, 15) is 4.79 Å². The number of halogens is 2. The standard InChI is InChI=1S/C8H9Br2NO2/c1-13-7(12)6-3-2-4-8(10,5-9)11-6/h2-4,11H,5H2,1H3. The average Bonchev–Trinajstić information content (AvgIpc) is 2.17. The number of esters is 1. The van der Waals surface area contributed by atoms with E-state index in [1.165, 1.54) is 7.11 Å². The molecule has 3 nitrogen and oxygen atoms in total. The predicted molar refractivity (Wildman–Crippen MR) is 57.8 cm³/mol. The number of carbonyl (C=O) groups excluding carboxylic acids is 1. The van der Waals surface area contributed by atoms with Crippen molar-refractivity contribution in [3.8, 4) is 0 Å². The Bertz CT molecular complexity index is 275. The summed E-state index contributed by atoms with van der Waals surface area (Å²) in [5.74, 6) is -0.367. The number of hydrogen-bond donors (Lipinski definition) is 1. The fourth-order valence-corrected chi connectivity index (χ4v) is 1.60. The zero-order valence-corrected chi connectivity index (χ0v) is 10.2. The van der Waals surface area contributed by atoms with Crippen LogP contribution in [-0.2, 0) is 9.53 Å². The Morgan fingerprint density at radius 2 is 2.46 bits per heavy atom. The zero-order valence-electron chi connectivity index (χ0n) is 7.01. The van der Waals surface area contributed by atoms with Crippen molar-refractivity contribution in [3.05, 3.63) is 23.9 Å². The number of hydrogen-bond acceptors (Lipinski definition) is 3. The van der Waals surface area contributed by atoms with Gasteiger partial charge in [-0.05, 0) is 12.2 Å². The van der Waals surface area contributed by atoms with Gasteiger partial charge in [0.15, 0.2) is 0 Å². The SMILES string of the molecule is COC(=O)C1=CC=CC(Br)(CBr)N1. The van der Waals surface area contributed by atoms with Crippen LogP contribution in [0.3, 0.4) is 0 Å². The van der Waals surface area contributed by atoms with Crippen LogP contribution in [0.2, 0.25) is 0 Å². The third-order valence-electron chi connectivity index (χ3n) is 1.57. The van der Waals surface area contributed by atoms with Crippen LogP contribution >= 0.6 is 31.9 Å². The lowest BCUT2D eigenvalue weighted by atomic mass is 10.2. The summed E-state index contributed by atoms with van der Waals surface area (Å²) in [6.45, 7) is 0. The van der Waals surface area contributed by atoms with Gasteiger partial charge < -0.3 is 10.1 Å². The molecule has 0 bridgehead atoms. The molecule has 0 aliphatic carbocycles. The molecule has 1 heterocycles. The predicted octanol–water partition coefficient (Wildman–Crippen LogP) is 1.69. The number of ether oxygens (including phenoxy) is 1. The number of alkyl halides is 2. The van der Waals surface area contributed by atoms with Gasteiger partial charge in [0.05, 0.1) is 7.11 Å². The molecule has 1 aliphatic rings. The first-order chi connectivity index (χ1) is 6.11. The van der Waals surface area contributed by atoms with Gasteiger partial charge in [-0.25, -0.2) is 4.79 Å². The molecular formula is C8H9Br2NO2. The van der Waals surface area contributed by atoms with E-state index in [1.54, 1.807) is 12.2 Å². The van der Waals surface area contributed by atoms with Crippen LogP contribution in [0.4, 0.5) is 0 Å². The van der Waals surface area contributed by atoms with Crippen LogP contribution in [0.15, 0.2) is 23.9 Å². The molecular weight excluding hydrogens is 302 g/mol. The minimum atomic E-state index is -0.398. The van der Waals surface area contributed by atoms with Crippen LogP contribution in [0.5, 0.6) is 0 Å². The van der Waals surface area contributed by atoms with Crippen molar-refractivity contribution in [3.63, 3.8) is 0 Å². The summed E-state index contributed by atoms with van der Waals surface area (Å²) in [4.78, 5) is 11.1. The molecule has 0 fully saturated rings. The van der Waals surface area contributed by atoms with Crippen LogP contribution in [0.1, 0.15) is 0 Å². The molecule has 0 spiro atoms. The molecule has 1 N–H and O–H groups in total. The molecule has 0 radical (unpaired) electrons. The van der Waals surface area contributed by atoms with Crippen LogP contribution in [0.25, 0.3) is 0 Å². The van der Waals surface area contributed by atoms with Crippen molar-refractivity contribution in [2.45, 2.75) is 4.45 Å². The van der Waals surface area contributed by atoms with Gasteiger partial charge >= 0.3 is 5.97 Å². The van der Waals surface area contributed by atoms with Gasteiger partial charge in [0, 0.05) is 5.33 Å². The van der Waals surface area contributed by atoms with Gasteiger partial charge in [-0.1, -0.05) is 37.9 Å². The summed E-state index contributed by atoms with van der Waals surface area (Å²) in [5.41, 5.74) is 0.446. The monoisotopic (exact) mass is 309 g/mol. The van der Waals surface area contributed by atoms with Crippen molar-refractivity contribution in [2.75, 3.05) is 12.4 Å². The molecule has 5 heteroatoms. The summed E-state index contributed by atoms with van der Waals surface area (Å²) in [6.07, 6.45) is 5.39. The number of carbonyl (C=O) groups is 1. The Morgan fingerprint density at radius 3 is 3.00 bits per heavy atom. The number of rotatable bonds is 2. The van der Waals surface area contributed by atoms with Crippen molar-refractivity contribution in [2.24, 2.45) is 0 Å². The van der Waals surface area contributed by atoms with E-state index in [1.807, 2.05) is 6.08 Å². The van der Waals surface area contributed by atoms with E-state index < -0.39 is 4.45 Å². The molecule has 1 aliphatic heterocycles. The molecule has 0 aromatic heterocycles. The van der Waals surface area contributed by atoms with Gasteiger partial charge in [0.25, 0.3) is 0 Å². The van der Waals surface area contributed by atoms with E-state index in [-0.39, 0.29) is 5.97 Å². The fraction of sp³-hybridized carbons (Fsp3) is 0.375. The molecule has 0 saturated carbocycles. The summed E-state index contributed by atoms with van der Waals surface area (Å²) in [7, 11) is 1.35. The topological polar surface area (TPSA) is 38.3 Å². The Hall–Kier alpha value is -0.290. The van der Waals surface area contributed by atoms with Crippen molar-refractivity contribution in [1.29, 1.82) is 0 Å². The lowest BCUT2D eigenvalue weighted by Gasteiger charge is -2.27. The highest BCUT2D eigenvalue weighted by atomic mass is 79.9. The summed E-state index contributed by atoms with van der Waals surface area (Å²) in [6, 6.07) is 0. The second kappa shape index (κ2) is 4.28. The largest absolute Gasteiger partial charge is 0.464 e. The van der Waals surface area contributed by atoms with Gasteiger partial charge in [0.1, 0.15) is 10.1 Å². The molecule has 72 valence electrons. The lowest BCUT2D eigenvalue weighted by Crippen LogP contribution is -2.42. The average molecular weight is 311 g/mol. The Balaban J connectivity index is 2.77. The Kier molecular flexibility index (Phi) is 3.55. The van der Waals surface area contributed by atoms with Gasteiger partial charge in [-0.2, -0.15) is 0 Å². The summed E-state index contributed by atoms with van der Waals surface area (Å²) < 4.78 is 4.19. The third-order valence-corrected chi connectivity index (χ3v) is 3.95. The first kappa shape index (κ1) is 10.8. The molecule has 0 saturated heterocycles. The van der Waals surface area contributed by atoms with E-state index in [4.69, 9.17) is 0 Å². The van der Waals surface area contributed by atoms with Crippen LogP contribution < -0.4 is 5.32 Å². The lowest BCUT2D eigenvalue weighted by molar-refractivity contribution is -0.136. The van der Waals surface area contributed by atoms with Crippen LogP contribution in [0, 0.1) is 0 Å². The molecule has 1 atom stereocenters. The smallest absolute Gasteiger partial charge is 0.354 e. The maximum absolute atomic E-state index is 11.1. The van der Waals surface area contributed by atoms with Gasteiger partial charge in [0.2, 0.25) is 0 Å². The molecule has 1 unspecified atom stereocenters. The Morgan fingerprint density at radius 1 is 1.77 bits per heavy atom. The minimum absolute atomic E-state index is 0.367. The van der Waals surface area contributed by atoms with Gasteiger partial charge in [-0.15, -0.1) is 0 Å². The summed E-state index contributed by atoms with van der Waals surface area (Å²) >= 11 is 6.76. The molecule has 13 heavy (non-hydrogen) atoms. The molecule has 1 rings (SSSR count). The molecule has 0 aromatic rings. The Labute approximate surface area is 93.5 Å². The molecule has 0 amide bonds. The minimum Gasteiger partial charge on any atom is -0.464 e. The highest BCUT2D eigenvalue weighted by molar-refractivity contribution is 9.12. The van der Waals surface area contributed by atoms with E-state index in [0.717, 1.165) is 0 Å². The second-order valence-electron chi connectivity index (χ2n) is 2.55. The fourth-order valence-electron chi connectivity index (χ4n) is 0.911. The van der Waals surface area contributed by atoms with Crippen molar-refractivity contribution >= 4 is 37.8 Å². The number of dihydropyridines is 1. The van der Waals surface area contributed by atoms with Crippen molar-refractivity contribution in [1.82, 2.24) is 5.32 Å². The quantitative estimate of drug-likeness (QED) is 0.479. The molecule has 0 aromatic carbocycles. The van der Waals surface area contributed by atoms with E-state index in [2.05, 4.69) is 41.9 Å². The first-order valence-electron chi connectivity index (χ1n) is 3.62. The second-order valence-corrected chi connectivity index (χ2v) is 4.53. The highest BCUT2D eigenvalue weighted by Crippen LogP contribution is 2.24. The normalized spacial score (nSPS) is 26.2. The highest BCUT2D eigenvalue weighted by Gasteiger charge is 2.27. The zero-order chi connectivity index (χ0) is 9.90. The van der Waals surface area contributed by atoms with Crippen LogP contribution in [-0.4, -0.2) is 22.9 Å². The maximum Gasteiger partial charge on any atom is 0.354 e. The van der Waals surface area contributed by atoms with Gasteiger partial charge in [-0.3, -0.25) is 0 Å². The van der Waals surface area contributed by atoms with Crippen molar-refractivity contribution < 1.29 is 9.53 Å². The number of methoxy groups -OCH3 is 1. The van der Waals surface area contributed by atoms with E-state index >= 15 is 0 Å². The maximum atomic E-state index is 11.1. The number of allylic oxidation sites excluding steroid dienone is 2.